The molecule has 2 amide bonds. The molecule has 0 bridgehead atoms. The fourth-order valence-corrected chi connectivity index (χ4v) is 3.12. The summed E-state index contributed by atoms with van der Waals surface area (Å²) in [5, 5.41) is 5.62. The number of rotatable bonds is 4. The van der Waals surface area contributed by atoms with E-state index < -0.39 is 0 Å². The van der Waals surface area contributed by atoms with Crippen molar-refractivity contribution in [1.82, 2.24) is 4.90 Å². The van der Waals surface area contributed by atoms with Crippen molar-refractivity contribution in [3.8, 4) is 0 Å². The monoisotopic (exact) mass is 316 g/mol. The maximum absolute atomic E-state index is 12.3. The van der Waals surface area contributed by atoms with Crippen molar-refractivity contribution in [1.29, 1.82) is 0 Å². The Hall–Kier alpha value is -3.14. The van der Waals surface area contributed by atoms with Crippen LogP contribution in [0.25, 0.3) is 10.8 Å². The Morgan fingerprint density at radius 1 is 0.750 bits per heavy atom. The number of carbonyl (C=O) groups excluding carboxylic acids is 2. The smallest absolute Gasteiger partial charge is 0.261 e. The Balaban J connectivity index is 1.49. The molecule has 0 saturated carbocycles. The highest BCUT2D eigenvalue weighted by atomic mass is 16.2. The van der Waals surface area contributed by atoms with E-state index >= 15 is 0 Å². The molecule has 1 heterocycles. The number of carbonyl (C=O) groups is 2. The summed E-state index contributed by atoms with van der Waals surface area (Å²) in [6.07, 6.45) is 0. The number of amides is 2. The molecular formula is C20H16N2O2. The SMILES string of the molecule is O=C1c2ccccc2C(=O)N1CCNc1cccc2ccccc12. The summed E-state index contributed by atoms with van der Waals surface area (Å²) >= 11 is 0. The average molecular weight is 316 g/mol. The number of hydrogen-bond donors (Lipinski definition) is 1. The molecule has 0 aromatic heterocycles. The van der Waals surface area contributed by atoms with Gasteiger partial charge in [0.15, 0.2) is 0 Å². The first-order chi connectivity index (χ1) is 11.8. The highest BCUT2D eigenvalue weighted by Crippen LogP contribution is 2.24. The standard InChI is InChI=1S/C20H16N2O2/c23-19-16-9-3-4-10-17(16)20(24)22(19)13-12-21-18-11-5-7-14-6-1-2-8-15(14)18/h1-11,21H,12-13H2. The van der Waals surface area contributed by atoms with Crippen molar-refractivity contribution in [3.63, 3.8) is 0 Å². The Bertz CT molecular complexity index is 909. The zero-order valence-electron chi connectivity index (χ0n) is 13.0. The van der Waals surface area contributed by atoms with Gasteiger partial charge in [-0.3, -0.25) is 14.5 Å². The van der Waals surface area contributed by atoms with Gasteiger partial charge in [0.25, 0.3) is 11.8 Å². The van der Waals surface area contributed by atoms with Crippen molar-refractivity contribution in [3.05, 3.63) is 77.9 Å². The molecule has 0 aliphatic carbocycles. The first-order valence-corrected chi connectivity index (χ1v) is 7.92. The topological polar surface area (TPSA) is 49.4 Å². The van der Waals surface area contributed by atoms with Crippen LogP contribution in [0, 0.1) is 0 Å². The van der Waals surface area contributed by atoms with Crippen LogP contribution >= 0.6 is 0 Å². The van der Waals surface area contributed by atoms with Gasteiger partial charge < -0.3 is 5.32 Å². The molecule has 4 rings (SSSR count). The average Bonchev–Trinajstić information content (AvgIpc) is 2.87. The van der Waals surface area contributed by atoms with Crippen molar-refractivity contribution in [2.24, 2.45) is 0 Å². The molecule has 0 unspecified atom stereocenters. The lowest BCUT2D eigenvalue weighted by atomic mass is 10.1. The first-order valence-electron chi connectivity index (χ1n) is 7.92. The van der Waals surface area contributed by atoms with E-state index in [1.165, 1.54) is 4.90 Å². The Labute approximate surface area is 139 Å². The predicted octanol–water partition coefficient (Wildman–Crippen LogP) is 3.55. The first kappa shape index (κ1) is 14.5. The summed E-state index contributed by atoms with van der Waals surface area (Å²) in [5.74, 6) is -0.425. The zero-order chi connectivity index (χ0) is 16.5. The normalized spacial score (nSPS) is 13.4. The number of hydrogen-bond acceptors (Lipinski definition) is 3. The summed E-state index contributed by atoms with van der Waals surface area (Å²) in [4.78, 5) is 26.0. The second-order valence-electron chi connectivity index (χ2n) is 5.76. The lowest BCUT2D eigenvalue weighted by Crippen LogP contribution is -2.34. The summed E-state index contributed by atoms with van der Waals surface area (Å²) in [6.45, 7) is 0.856. The lowest BCUT2D eigenvalue weighted by molar-refractivity contribution is 0.0660. The summed E-state index contributed by atoms with van der Waals surface area (Å²) in [6, 6.07) is 21.1. The minimum absolute atomic E-state index is 0.213. The molecule has 0 saturated heterocycles. The highest BCUT2D eigenvalue weighted by molar-refractivity contribution is 6.21. The second kappa shape index (κ2) is 5.81. The number of anilines is 1. The maximum Gasteiger partial charge on any atom is 0.261 e. The summed E-state index contributed by atoms with van der Waals surface area (Å²) in [5.41, 5.74) is 1.99. The van der Waals surface area contributed by atoms with E-state index in [2.05, 4.69) is 23.5 Å². The van der Waals surface area contributed by atoms with E-state index in [1.54, 1.807) is 24.3 Å². The lowest BCUT2D eigenvalue weighted by Gasteiger charge is -2.15. The van der Waals surface area contributed by atoms with Crippen molar-refractivity contribution < 1.29 is 9.59 Å². The van der Waals surface area contributed by atoms with Gasteiger partial charge in [0.2, 0.25) is 0 Å². The van der Waals surface area contributed by atoms with Gasteiger partial charge in [-0.25, -0.2) is 0 Å². The molecular weight excluding hydrogens is 300 g/mol. The fourth-order valence-electron chi connectivity index (χ4n) is 3.12. The van der Waals surface area contributed by atoms with Crippen molar-refractivity contribution >= 4 is 28.3 Å². The van der Waals surface area contributed by atoms with Gasteiger partial charge in [-0.05, 0) is 23.6 Å². The molecule has 4 nitrogen and oxygen atoms in total. The Morgan fingerprint density at radius 2 is 1.38 bits per heavy atom. The van der Waals surface area contributed by atoms with E-state index in [4.69, 9.17) is 0 Å². The minimum atomic E-state index is -0.213. The van der Waals surface area contributed by atoms with E-state index in [-0.39, 0.29) is 11.8 Å². The molecule has 0 fully saturated rings. The summed E-state index contributed by atoms with van der Waals surface area (Å²) < 4.78 is 0. The van der Waals surface area contributed by atoms with Crippen LogP contribution in [0.4, 0.5) is 5.69 Å². The van der Waals surface area contributed by atoms with Gasteiger partial charge in [-0.2, -0.15) is 0 Å². The predicted molar refractivity (Wildman–Crippen MR) is 94.2 cm³/mol. The van der Waals surface area contributed by atoms with E-state index in [1.807, 2.05) is 24.3 Å². The fraction of sp³-hybridized carbons (Fsp3) is 0.100. The molecule has 0 spiro atoms. The number of benzene rings is 3. The van der Waals surface area contributed by atoms with Crippen LogP contribution in [-0.4, -0.2) is 29.8 Å². The van der Waals surface area contributed by atoms with Crippen LogP contribution in [0.15, 0.2) is 66.7 Å². The number of nitrogens with one attached hydrogen (secondary N) is 1. The van der Waals surface area contributed by atoms with Crippen LogP contribution in [0.3, 0.4) is 0 Å². The summed E-state index contributed by atoms with van der Waals surface area (Å²) in [7, 11) is 0. The Morgan fingerprint density at radius 3 is 2.12 bits per heavy atom. The van der Waals surface area contributed by atoms with Gasteiger partial charge in [-0.15, -0.1) is 0 Å². The van der Waals surface area contributed by atoms with Gasteiger partial charge in [0, 0.05) is 24.2 Å². The van der Waals surface area contributed by atoms with E-state index in [0.717, 1.165) is 16.5 Å². The second-order valence-corrected chi connectivity index (χ2v) is 5.76. The highest BCUT2D eigenvalue weighted by Gasteiger charge is 2.34. The van der Waals surface area contributed by atoms with Gasteiger partial charge in [0.1, 0.15) is 0 Å². The van der Waals surface area contributed by atoms with E-state index in [0.29, 0.717) is 24.2 Å². The Kier molecular flexibility index (Phi) is 3.50. The molecule has 3 aromatic carbocycles. The van der Waals surface area contributed by atoms with E-state index in [9.17, 15) is 9.59 Å². The number of imide groups is 1. The van der Waals surface area contributed by atoms with Crippen molar-refractivity contribution in [2.75, 3.05) is 18.4 Å². The number of fused-ring (bicyclic) bond motifs is 2. The van der Waals surface area contributed by atoms with Crippen LogP contribution in [-0.2, 0) is 0 Å². The van der Waals surface area contributed by atoms with Crippen LogP contribution in [0.1, 0.15) is 20.7 Å². The molecule has 24 heavy (non-hydrogen) atoms. The molecule has 118 valence electrons. The van der Waals surface area contributed by atoms with Gasteiger partial charge in [-0.1, -0.05) is 48.5 Å². The third kappa shape index (κ3) is 2.33. The number of nitrogens with zero attached hydrogens (tertiary/aromatic N) is 1. The molecule has 0 atom stereocenters. The van der Waals surface area contributed by atoms with Crippen LogP contribution in [0.5, 0.6) is 0 Å². The maximum atomic E-state index is 12.3. The molecule has 4 heteroatoms. The van der Waals surface area contributed by atoms with Crippen LogP contribution < -0.4 is 5.32 Å². The van der Waals surface area contributed by atoms with Gasteiger partial charge >= 0.3 is 0 Å². The molecule has 1 aliphatic heterocycles. The zero-order valence-corrected chi connectivity index (χ0v) is 13.0. The quantitative estimate of drug-likeness (QED) is 0.749. The molecule has 1 N–H and O–H groups in total. The third-order valence-electron chi connectivity index (χ3n) is 4.32. The van der Waals surface area contributed by atoms with Crippen molar-refractivity contribution in [2.45, 2.75) is 0 Å². The molecule has 3 aromatic rings. The third-order valence-corrected chi connectivity index (χ3v) is 4.32. The molecule has 1 aliphatic rings. The minimum Gasteiger partial charge on any atom is -0.383 e. The molecule has 0 radical (unpaired) electrons. The van der Waals surface area contributed by atoms with Crippen LogP contribution in [0.2, 0.25) is 0 Å². The largest absolute Gasteiger partial charge is 0.383 e. The van der Waals surface area contributed by atoms with Gasteiger partial charge in [0.05, 0.1) is 11.1 Å².